The third-order valence-electron chi connectivity index (χ3n) is 5.34. The van der Waals surface area contributed by atoms with Crippen molar-refractivity contribution >= 4 is 17.2 Å². The highest BCUT2D eigenvalue weighted by Crippen LogP contribution is 2.33. The van der Waals surface area contributed by atoms with Gasteiger partial charge in [-0.1, -0.05) is 30.3 Å². The van der Waals surface area contributed by atoms with Gasteiger partial charge in [-0.05, 0) is 55.6 Å². The second kappa shape index (κ2) is 6.48. The highest BCUT2D eigenvalue weighted by atomic mass is 32.1. The van der Waals surface area contributed by atoms with Crippen LogP contribution in [0.15, 0.2) is 35.7 Å². The van der Waals surface area contributed by atoms with Crippen molar-refractivity contribution < 1.29 is 4.79 Å². The van der Waals surface area contributed by atoms with Crippen LogP contribution in [0, 0.1) is 0 Å². The van der Waals surface area contributed by atoms with Gasteiger partial charge in [0.1, 0.15) is 0 Å². The summed E-state index contributed by atoms with van der Waals surface area (Å²) in [7, 11) is 0. The number of benzene rings is 1. The third kappa shape index (κ3) is 2.94. The molecule has 0 N–H and O–H groups in total. The van der Waals surface area contributed by atoms with Crippen LogP contribution in [0.25, 0.3) is 0 Å². The predicted molar refractivity (Wildman–Crippen MR) is 95.3 cm³/mol. The maximum Gasteiger partial charge on any atom is 0.254 e. The number of thiophene rings is 1. The second-order valence-electron chi connectivity index (χ2n) is 6.74. The molecule has 120 valence electrons. The first kappa shape index (κ1) is 14.9. The number of likely N-dealkylation sites (tertiary alicyclic amines) is 1. The summed E-state index contributed by atoms with van der Waals surface area (Å²) in [5.74, 6) is 0.882. The Morgan fingerprint density at radius 1 is 1.04 bits per heavy atom. The molecule has 1 saturated heterocycles. The van der Waals surface area contributed by atoms with E-state index < -0.39 is 0 Å². The van der Waals surface area contributed by atoms with Gasteiger partial charge >= 0.3 is 0 Å². The number of nitrogens with zero attached hydrogens (tertiary/aromatic N) is 1. The number of carbonyl (C=O) groups is 1. The smallest absolute Gasteiger partial charge is 0.254 e. The van der Waals surface area contributed by atoms with Gasteiger partial charge in [-0.25, -0.2) is 0 Å². The summed E-state index contributed by atoms with van der Waals surface area (Å²) < 4.78 is 0. The molecule has 4 rings (SSSR count). The average Bonchev–Trinajstić information content (AvgIpc) is 3.06. The standard InChI is InChI=1S/C20H23NOS/c22-20(18-14-23-19-9-5-4-8-17(18)19)21-12-10-16(11-13-21)15-6-2-1-3-7-15/h1-3,6-7,14,16H,4-5,8-13H2. The van der Waals surface area contributed by atoms with Crippen molar-refractivity contribution in [3.8, 4) is 0 Å². The summed E-state index contributed by atoms with van der Waals surface area (Å²) in [6.07, 6.45) is 6.96. The number of hydrogen-bond acceptors (Lipinski definition) is 2. The van der Waals surface area contributed by atoms with Gasteiger partial charge in [-0.3, -0.25) is 4.79 Å². The van der Waals surface area contributed by atoms with E-state index >= 15 is 0 Å². The lowest BCUT2D eigenvalue weighted by molar-refractivity contribution is 0.0712. The zero-order chi connectivity index (χ0) is 15.6. The SMILES string of the molecule is O=C(c1csc2c1CCCC2)N1CCC(c2ccccc2)CC1. The fourth-order valence-electron chi connectivity index (χ4n) is 3.98. The Labute approximate surface area is 142 Å². The van der Waals surface area contributed by atoms with Crippen LogP contribution < -0.4 is 0 Å². The molecule has 0 spiro atoms. The molecule has 0 saturated carbocycles. The molecule has 3 heteroatoms. The van der Waals surface area contributed by atoms with E-state index in [9.17, 15) is 4.79 Å². The minimum atomic E-state index is 0.274. The van der Waals surface area contributed by atoms with Crippen LogP contribution in [-0.2, 0) is 12.8 Å². The molecule has 1 fully saturated rings. The molecule has 1 aromatic carbocycles. The van der Waals surface area contributed by atoms with Crippen LogP contribution in [0.3, 0.4) is 0 Å². The van der Waals surface area contributed by atoms with Crippen molar-refractivity contribution in [1.29, 1.82) is 0 Å². The Balaban J connectivity index is 1.44. The van der Waals surface area contributed by atoms with Gasteiger partial charge < -0.3 is 4.90 Å². The summed E-state index contributed by atoms with van der Waals surface area (Å²) in [6.45, 7) is 1.78. The Kier molecular flexibility index (Phi) is 4.21. The number of amides is 1. The molecular weight excluding hydrogens is 302 g/mol. The first-order valence-corrected chi connectivity index (χ1v) is 9.64. The summed E-state index contributed by atoms with van der Waals surface area (Å²) in [5, 5.41) is 2.11. The van der Waals surface area contributed by atoms with Gasteiger partial charge in [0.15, 0.2) is 0 Å². The van der Waals surface area contributed by atoms with Gasteiger partial charge in [0.05, 0.1) is 5.56 Å². The van der Waals surface area contributed by atoms with Crippen LogP contribution in [0.5, 0.6) is 0 Å². The molecule has 23 heavy (non-hydrogen) atoms. The maximum absolute atomic E-state index is 12.9. The highest BCUT2D eigenvalue weighted by Gasteiger charge is 2.27. The first-order valence-electron chi connectivity index (χ1n) is 8.76. The van der Waals surface area contributed by atoms with E-state index in [2.05, 4.69) is 40.6 Å². The molecule has 2 heterocycles. The van der Waals surface area contributed by atoms with Crippen molar-refractivity contribution in [2.75, 3.05) is 13.1 Å². The lowest BCUT2D eigenvalue weighted by Crippen LogP contribution is -2.38. The van der Waals surface area contributed by atoms with Crippen molar-refractivity contribution in [3.05, 3.63) is 57.3 Å². The number of hydrogen-bond donors (Lipinski definition) is 0. The van der Waals surface area contributed by atoms with Crippen LogP contribution >= 0.6 is 11.3 Å². The predicted octanol–water partition coefficient (Wildman–Crippen LogP) is 4.65. The molecule has 2 aliphatic rings. The molecule has 0 atom stereocenters. The molecule has 1 amide bonds. The van der Waals surface area contributed by atoms with Crippen molar-refractivity contribution in [2.24, 2.45) is 0 Å². The van der Waals surface area contributed by atoms with Crippen LogP contribution in [0.4, 0.5) is 0 Å². The molecule has 0 unspecified atom stereocenters. The van der Waals surface area contributed by atoms with E-state index in [0.29, 0.717) is 5.92 Å². The topological polar surface area (TPSA) is 20.3 Å². The molecule has 1 aromatic heterocycles. The van der Waals surface area contributed by atoms with Crippen LogP contribution in [0.1, 0.15) is 58.0 Å². The van der Waals surface area contributed by atoms with E-state index in [-0.39, 0.29) is 5.91 Å². The van der Waals surface area contributed by atoms with E-state index in [1.165, 1.54) is 35.3 Å². The zero-order valence-electron chi connectivity index (χ0n) is 13.5. The summed E-state index contributed by atoms with van der Waals surface area (Å²) in [6, 6.07) is 10.7. The Hall–Kier alpha value is -1.61. The number of fused-ring (bicyclic) bond motifs is 1. The summed E-state index contributed by atoms with van der Waals surface area (Å²) in [4.78, 5) is 16.4. The lowest BCUT2D eigenvalue weighted by atomic mass is 9.89. The van der Waals surface area contributed by atoms with E-state index in [4.69, 9.17) is 0 Å². The highest BCUT2D eigenvalue weighted by molar-refractivity contribution is 7.10. The van der Waals surface area contributed by atoms with Crippen molar-refractivity contribution in [3.63, 3.8) is 0 Å². The fourth-order valence-corrected chi connectivity index (χ4v) is 5.10. The Bertz CT molecular complexity index is 683. The Morgan fingerprint density at radius 3 is 2.57 bits per heavy atom. The van der Waals surface area contributed by atoms with E-state index in [0.717, 1.165) is 37.9 Å². The Morgan fingerprint density at radius 2 is 1.78 bits per heavy atom. The molecule has 2 aromatic rings. The van der Waals surface area contributed by atoms with Gasteiger partial charge in [0.2, 0.25) is 0 Å². The van der Waals surface area contributed by atoms with E-state index in [1.54, 1.807) is 11.3 Å². The largest absolute Gasteiger partial charge is 0.339 e. The molecule has 0 radical (unpaired) electrons. The average molecular weight is 325 g/mol. The third-order valence-corrected chi connectivity index (χ3v) is 6.43. The summed E-state index contributed by atoms with van der Waals surface area (Å²) >= 11 is 1.79. The van der Waals surface area contributed by atoms with Crippen molar-refractivity contribution in [2.45, 2.75) is 44.4 Å². The monoisotopic (exact) mass is 325 g/mol. The number of rotatable bonds is 2. The van der Waals surface area contributed by atoms with Gasteiger partial charge in [-0.15, -0.1) is 11.3 Å². The minimum Gasteiger partial charge on any atom is -0.339 e. The molecule has 1 aliphatic heterocycles. The van der Waals surface area contributed by atoms with Crippen LogP contribution in [0.2, 0.25) is 0 Å². The summed E-state index contributed by atoms with van der Waals surface area (Å²) in [5.41, 5.74) is 3.78. The minimum absolute atomic E-state index is 0.274. The molecule has 1 aliphatic carbocycles. The van der Waals surface area contributed by atoms with Crippen molar-refractivity contribution in [1.82, 2.24) is 4.90 Å². The quantitative estimate of drug-likeness (QED) is 0.787. The zero-order valence-corrected chi connectivity index (χ0v) is 14.3. The van der Waals surface area contributed by atoms with Gasteiger partial charge in [0, 0.05) is 23.3 Å². The number of piperidine rings is 1. The molecule has 2 nitrogen and oxygen atoms in total. The maximum atomic E-state index is 12.9. The van der Waals surface area contributed by atoms with E-state index in [1.807, 2.05) is 0 Å². The lowest BCUT2D eigenvalue weighted by Gasteiger charge is -2.32. The first-order chi connectivity index (χ1) is 11.3. The van der Waals surface area contributed by atoms with Gasteiger partial charge in [0.25, 0.3) is 5.91 Å². The normalized spacial score (nSPS) is 18.7. The number of carbonyl (C=O) groups excluding carboxylic acids is 1. The second-order valence-corrected chi connectivity index (χ2v) is 7.70. The molecule has 0 bridgehead atoms. The molecular formula is C20H23NOS. The van der Waals surface area contributed by atoms with Gasteiger partial charge in [-0.2, -0.15) is 0 Å². The van der Waals surface area contributed by atoms with Crippen LogP contribution in [-0.4, -0.2) is 23.9 Å². The number of aryl methyl sites for hydroxylation is 1. The fraction of sp³-hybridized carbons (Fsp3) is 0.450.